The van der Waals surface area contributed by atoms with Gasteiger partial charge in [0.05, 0.1) is 19.5 Å². The highest BCUT2D eigenvalue weighted by Crippen LogP contribution is 1.89. The van der Waals surface area contributed by atoms with E-state index in [0.717, 1.165) is 0 Å². The molecule has 0 aromatic rings. The molecule has 0 aliphatic carbocycles. The minimum Gasteiger partial charge on any atom is -0.370 e. The molecule has 0 radical (unpaired) electrons. The van der Waals surface area contributed by atoms with Crippen LogP contribution < -0.4 is 27.4 Å². The van der Waals surface area contributed by atoms with E-state index in [0.29, 0.717) is 0 Å². The first-order valence-corrected chi connectivity index (χ1v) is 5.15. The number of likely N-dealkylation sites (N-methyl/N-ethyl adjacent to an activating group) is 1. The summed E-state index contributed by atoms with van der Waals surface area (Å²) in [7, 11) is 1.58. The Bertz CT molecular complexity index is 344. The van der Waals surface area contributed by atoms with Gasteiger partial charge >= 0.3 is 0 Å². The van der Waals surface area contributed by atoms with Crippen LogP contribution in [-0.2, 0) is 19.2 Å². The van der Waals surface area contributed by atoms with E-state index in [9.17, 15) is 19.2 Å². The van der Waals surface area contributed by atoms with E-state index in [1.54, 1.807) is 7.05 Å². The molecule has 0 rings (SSSR count). The average Bonchev–Trinajstić information content (AvgIpc) is 2.25. The first-order chi connectivity index (χ1) is 8.36. The van der Waals surface area contributed by atoms with Crippen LogP contribution >= 0.6 is 0 Å². The van der Waals surface area contributed by atoms with E-state index in [-0.39, 0.29) is 25.4 Å². The summed E-state index contributed by atoms with van der Waals surface area (Å²) in [6.07, 6.45) is -0.383. The molecule has 18 heavy (non-hydrogen) atoms. The molecule has 0 saturated heterocycles. The normalized spacial score (nSPS) is 11.4. The van der Waals surface area contributed by atoms with Gasteiger partial charge in [0, 0.05) is 0 Å². The predicted molar refractivity (Wildman–Crippen MR) is 61.9 cm³/mol. The van der Waals surface area contributed by atoms with Crippen molar-refractivity contribution in [3.8, 4) is 0 Å². The molecule has 0 heterocycles. The van der Waals surface area contributed by atoms with Gasteiger partial charge in [0.2, 0.25) is 23.6 Å². The van der Waals surface area contributed by atoms with Crippen molar-refractivity contribution in [1.82, 2.24) is 16.0 Å². The number of nitrogens with one attached hydrogen (secondary N) is 3. The van der Waals surface area contributed by atoms with Crippen molar-refractivity contribution >= 4 is 23.6 Å². The molecular formula is C9H17N5O4. The molecule has 0 spiro atoms. The lowest BCUT2D eigenvalue weighted by Crippen LogP contribution is -2.49. The van der Waals surface area contributed by atoms with Gasteiger partial charge in [0.15, 0.2) is 0 Å². The Balaban J connectivity index is 4.14. The van der Waals surface area contributed by atoms with Gasteiger partial charge in [0.25, 0.3) is 0 Å². The maximum absolute atomic E-state index is 11.3. The van der Waals surface area contributed by atoms with Gasteiger partial charge in [-0.15, -0.1) is 0 Å². The molecule has 9 heteroatoms. The van der Waals surface area contributed by atoms with E-state index >= 15 is 0 Å². The summed E-state index contributed by atoms with van der Waals surface area (Å²) in [6.45, 7) is -0.253. The Morgan fingerprint density at radius 2 is 1.67 bits per heavy atom. The summed E-state index contributed by atoms with van der Waals surface area (Å²) in [5.74, 6) is -2.65. The topological polar surface area (TPSA) is 156 Å². The van der Waals surface area contributed by atoms with E-state index in [1.165, 1.54) is 0 Å². The Kier molecular flexibility index (Phi) is 7.05. The van der Waals surface area contributed by atoms with Crippen LogP contribution in [0, 0.1) is 0 Å². The second-order valence-electron chi connectivity index (χ2n) is 3.50. The SMILES string of the molecule is CNCC(=O)NCC(=O)NC(CC(N)=O)C(N)=O. The van der Waals surface area contributed by atoms with Crippen molar-refractivity contribution in [2.24, 2.45) is 11.5 Å². The van der Waals surface area contributed by atoms with Crippen LogP contribution in [0.4, 0.5) is 0 Å². The second kappa shape index (κ2) is 8.01. The number of rotatable bonds is 8. The van der Waals surface area contributed by atoms with Crippen LogP contribution in [-0.4, -0.2) is 49.8 Å². The van der Waals surface area contributed by atoms with Crippen molar-refractivity contribution in [1.29, 1.82) is 0 Å². The molecule has 0 aliphatic heterocycles. The highest BCUT2D eigenvalue weighted by atomic mass is 16.2. The number of hydrogen-bond donors (Lipinski definition) is 5. The number of nitrogens with two attached hydrogens (primary N) is 2. The van der Waals surface area contributed by atoms with Crippen LogP contribution in [0.3, 0.4) is 0 Å². The summed E-state index contributed by atoms with van der Waals surface area (Å²) in [6, 6.07) is -1.17. The van der Waals surface area contributed by atoms with E-state index in [4.69, 9.17) is 11.5 Å². The van der Waals surface area contributed by atoms with Gasteiger partial charge in [-0.25, -0.2) is 0 Å². The molecule has 0 saturated carbocycles. The van der Waals surface area contributed by atoms with Gasteiger partial charge in [-0.2, -0.15) is 0 Å². The van der Waals surface area contributed by atoms with E-state index in [2.05, 4.69) is 16.0 Å². The second-order valence-corrected chi connectivity index (χ2v) is 3.50. The van der Waals surface area contributed by atoms with Crippen LogP contribution in [0.25, 0.3) is 0 Å². The molecule has 0 bridgehead atoms. The number of carbonyl (C=O) groups is 4. The van der Waals surface area contributed by atoms with Crippen LogP contribution in [0.2, 0.25) is 0 Å². The van der Waals surface area contributed by atoms with Crippen molar-refractivity contribution < 1.29 is 19.2 Å². The molecule has 1 atom stereocenters. The monoisotopic (exact) mass is 259 g/mol. The van der Waals surface area contributed by atoms with E-state index in [1.807, 2.05) is 0 Å². The van der Waals surface area contributed by atoms with Gasteiger partial charge in [-0.3, -0.25) is 19.2 Å². The zero-order valence-corrected chi connectivity index (χ0v) is 9.99. The van der Waals surface area contributed by atoms with Crippen molar-refractivity contribution in [3.05, 3.63) is 0 Å². The first-order valence-electron chi connectivity index (χ1n) is 5.15. The Hall–Kier alpha value is -2.16. The van der Waals surface area contributed by atoms with Gasteiger partial charge < -0.3 is 27.4 Å². The Morgan fingerprint density at radius 3 is 2.11 bits per heavy atom. The number of amides is 4. The third-order valence-corrected chi connectivity index (χ3v) is 1.87. The highest BCUT2D eigenvalue weighted by molar-refractivity contribution is 5.92. The standard InChI is InChI=1S/C9H17N5O4/c1-12-3-7(16)13-4-8(17)14-5(9(11)18)2-6(10)15/h5,12H,2-4H2,1H3,(H2,10,15)(H2,11,18)(H,13,16)(H,14,17). The fourth-order valence-electron chi connectivity index (χ4n) is 1.07. The lowest BCUT2D eigenvalue weighted by Gasteiger charge is -2.13. The number of carbonyl (C=O) groups excluding carboxylic acids is 4. The van der Waals surface area contributed by atoms with Gasteiger partial charge in [-0.1, -0.05) is 0 Å². The fourth-order valence-corrected chi connectivity index (χ4v) is 1.07. The predicted octanol–water partition coefficient (Wildman–Crippen LogP) is -3.83. The Labute approximate surface area is 104 Å². The molecule has 0 aliphatic rings. The average molecular weight is 259 g/mol. The molecule has 0 aromatic heterocycles. The zero-order chi connectivity index (χ0) is 14.1. The highest BCUT2D eigenvalue weighted by Gasteiger charge is 2.20. The summed E-state index contributed by atoms with van der Waals surface area (Å²) in [5.41, 5.74) is 9.87. The molecular weight excluding hydrogens is 242 g/mol. The molecule has 0 fully saturated rings. The third kappa shape index (κ3) is 7.17. The van der Waals surface area contributed by atoms with Crippen LogP contribution in [0.5, 0.6) is 0 Å². The summed E-state index contributed by atoms with van der Waals surface area (Å²) in [4.78, 5) is 43.9. The summed E-state index contributed by atoms with van der Waals surface area (Å²) >= 11 is 0. The molecule has 9 nitrogen and oxygen atoms in total. The Morgan fingerprint density at radius 1 is 1.06 bits per heavy atom. The molecule has 4 amide bonds. The summed E-state index contributed by atoms with van der Waals surface area (Å²) < 4.78 is 0. The molecule has 102 valence electrons. The number of hydrogen-bond acceptors (Lipinski definition) is 5. The van der Waals surface area contributed by atoms with Gasteiger partial charge in [0.1, 0.15) is 6.04 Å². The van der Waals surface area contributed by atoms with Gasteiger partial charge in [-0.05, 0) is 7.05 Å². The maximum Gasteiger partial charge on any atom is 0.240 e. The van der Waals surface area contributed by atoms with Crippen LogP contribution in [0.15, 0.2) is 0 Å². The quantitative estimate of drug-likeness (QED) is 0.302. The smallest absolute Gasteiger partial charge is 0.240 e. The molecule has 7 N–H and O–H groups in total. The molecule has 1 unspecified atom stereocenters. The largest absolute Gasteiger partial charge is 0.370 e. The maximum atomic E-state index is 11.3. The molecule has 0 aromatic carbocycles. The lowest BCUT2D eigenvalue weighted by atomic mass is 10.2. The fraction of sp³-hybridized carbons (Fsp3) is 0.556. The summed E-state index contributed by atoms with van der Waals surface area (Å²) in [5, 5.41) is 7.09. The zero-order valence-electron chi connectivity index (χ0n) is 9.99. The minimum atomic E-state index is -1.17. The van der Waals surface area contributed by atoms with Crippen molar-refractivity contribution in [3.63, 3.8) is 0 Å². The third-order valence-electron chi connectivity index (χ3n) is 1.87. The number of primary amides is 2. The lowest BCUT2D eigenvalue weighted by molar-refractivity contribution is -0.130. The minimum absolute atomic E-state index is 0.0633. The van der Waals surface area contributed by atoms with Crippen LogP contribution in [0.1, 0.15) is 6.42 Å². The first kappa shape index (κ1) is 15.8. The van der Waals surface area contributed by atoms with Crippen molar-refractivity contribution in [2.75, 3.05) is 20.1 Å². The van der Waals surface area contributed by atoms with Crippen molar-refractivity contribution in [2.45, 2.75) is 12.5 Å². The van der Waals surface area contributed by atoms with E-state index < -0.39 is 23.8 Å².